The third-order valence-corrected chi connectivity index (χ3v) is 4.44. The van der Waals surface area contributed by atoms with Crippen molar-refractivity contribution < 1.29 is 4.42 Å². The molecule has 0 bridgehead atoms. The lowest BCUT2D eigenvalue weighted by molar-refractivity contribution is 0.490. The first-order chi connectivity index (χ1) is 10.1. The van der Waals surface area contributed by atoms with E-state index in [-0.39, 0.29) is 5.41 Å². The molecule has 0 radical (unpaired) electrons. The molecule has 0 atom stereocenters. The van der Waals surface area contributed by atoms with E-state index in [1.807, 2.05) is 12.1 Å². The summed E-state index contributed by atoms with van der Waals surface area (Å²) in [6.45, 7) is 4.17. The highest BCUT2D eigenvalue weighted by molar-refractivity contribution is 5.77. The van der Waals surface area contributed by atoms with Gasteiger partial charge in [0, 0.05) is 5.69 Å². The number of hydrogen-bond donors (Lipinski definition) is 1. The van der Waals surface area contributed by atoms with Crippen molar-refractivity contribution in [1.29, 1.82) is 0 Å². The number of benzene rings is 2. The van der Waals surface area contributed by atoms with E-state index in [4.69, 9.17) is 15.1 Å². The lowest BCUT2D eigenvalue weighted by atomic mass is 9.96. The molecule has 0 saturated heterocycles. The molecule has 2 aromatic carbocycles. The van der Waals surface area contributed by atoms with Crippen molar-refractivity contribution in [3.63, 3.8) is 0 Å². The number of hydrogen-bond acceptors (Lipinski definition) is 3. The minimum atomic E-state index is -0.0485. The van der Waals surface area contributed by atoms with Crippen molar-refractivity contribution in [2.45, 2.75) is 32.1 Å². The van der Waals surface area contributed by atoms with E-state index in [0.717, 1.165) is 41.1 Å². The van der Waals surface area contributed by atoms with Gasteiger partial charge in [-0.3, -0.25) is 0 Å². The molecule has 0 aliphatic heterocycles. The number of nitrogens with two attached hydrogens (primary N) is 1. The van der Waals surface area contributed by atoms with Crippen LogP contribution in [0, 0.1) is 13.8 Å². The SMILES string of the molecule is Cc1cc(C)c2oc(C3(c4ccc(N)cc4)CC3)nc2c1. The molecule has 1 aromatic heterocycles. The van der Waals surface area contributed by atoms with E-state index in [2.05, 4.69) is 38.1 Å². The molecule has 1 aliphatic rings. The van der Waals surface area contributed by atoms with Crippen molar-refractivity contribution in [3.8, 4) is 0 Å². The second kappa shape index (κ2) is 4.10. The van der Waals surface area contributed by atoms with Crippen LogP contribution in [-0.2, 0) is 5.41 Å². The van der Waals surface area contributed by atoms with E-state index < -0.39 is 0 Å². The predicted molar refractivity (Wildman–Crippen MR) is 84.4 cm³/mol. The molecule has 1 heterocycles. The van der Waals surface area contributed by atoms with Gasteiger partial charge in [0.25, 0.3) is 0 Å². The van der Waals surface area contributed by atoms with Crippen LogP contribution in [0.1, 0.15) is 35.4 Å². The minimum absolute atomic E-state index is 0.0485. The topological polar surface area (TPSA) is 52.0 Å². The average Bonchev–Trinajstić information content (AvgIpc) is 3.13. The smallest absolute Gasteiger partial charge is 0.206 e. The second-order valence-corrected chi connectivity index (χ2v) is 6.15. The molecule has 1 aliphatic carbocycles. The van der Waals surface area contributed by atoms with Gasteiger partial charge in [0.05, 0.1) is 5.41 Å². The molecule has 1 fully saturated rings. The average molecular weight is 278 g/mol. The summed E-state index contributed by atoms with van der Waals surface area (Å²) >= 11 is 0. The fourth-order valence-electron chi connectivity index (χ4n) is 3.13. The zero-order chi connectivity index (χ0) is 14.6. The van der Waals surface area contributed by atoms with Gasteiger partial charge in [-0.1, -0.05) is 18.2 Å². The van der Waals surface area contributed by atoms with Crippen molar-refractivity contribution in [2.75, 3.05) is 5.73 Å². The van der Waals surface area contributed by atoms with Gasteiger partial charge in [0.2, 0.25) is 5.89 Å². The number of fused-ring (bicyclic) bond motifs is 1. The first kappa shape index (κ1) is 12.5. The van der Waals surface area contributed by atoms with Crippen LogP contribution in [0.2, 0.25) is 0 Å². The van der Waals surface area contributed by atoms with Crippen LogP contribution < -0.4 is 5.73 Å². The Hall–Kier alpha value is -2.29. The third-order valence-electron chi connectivity index (χ3n) is 4.44. The number of aryl methyl sites for hydroxylation is 2. The van der Waals surface area contributed by atoms with E-state index in [0.29, 0.717) is 0 Å². The van der Waals surface area contributed by atoms with Gasteiger partial charge in [-0.25, -0.2) is 4.98 Å². The predicted octanol–water partition coefficient (Wildman–Crippen LogP) is 4.11. The highest BCUT2D eigenvalue weighted by Crippen LogP contribution is 2.53. The number of oxazole rings is 1. The van der Waals surface area contributed by atoms with Crippen LogP contribution in [0.3, 0.4) is 0 Å². The summed E-state index contributed by atoms with van der Waals surface area (Å²) in [5.41, 5.74) is 12.0. The number of aromatic nitrogens is 1. The maximum Gasteiger partial charge on any atom is 0.206 e. The minimum Gasteiger partial charge on any atom is -0.439 e. The molecule has 0 unspecified atom stereocenters. The Morgan fingerprint density at radius 2 is 1.81 bits per heavy atom. The van der Waals surface area contributed by atoms with Gasteiger partial charge in [-0.15, -0.1) is 0 Å². The molecule has 21 heavy (non-hydrogen) atoms. The number of rotatable bonds is 2. The van der Waals surface area contributed by atoms with E-state index in [9.17, 15) is 0 Å². The van der Waals surface area contributed by atoms with Crippen molar-refractivity contribution in [3.05, 3.63) is 59.0 Å². The summed E-state index contributed by atoms with van der Waals surface area (Å²) in [5, 5.41) is 0. The Balaban J connectivity index is 1.86. The van der Waals surface area contributed by atoms with Crippen LogP contribution in [0.15, 0.2) is 40.8 Å². The Bertz CT molecular complexity index is 826. The van der Waals surface area contributed by atoms with Gasteiger partial charge in [0.1, 0.15) is 5.52 Å². The van der Waals surface area contributed by atoms with Crippen LogP contribution in [-0.4, -0.2) is 4.98 Å². The first-order valence-electron chi connectivity index (χ1n) is 7.33. The van der Waals surface area contributed by atoms with Crippen LogP contribution in [0.25, 0.3) is 11.1 Å². The monoisotopic (exact) mass is 278 g/mol. The zero-order valence-corrected chi connectivity index (χ0v) is 12.3. The molecule has 0 amide bonds. The molecular formula is C18H18N2O. The van der Waals surface area contributed by atoms with E-state index in [1.54, 1.807) is 0 Å². The first-order valence-corrected chi connectivity index (χ1v) is 7.33. The largest absolute Gasteiger partial charge is 0.439 e. The summed E-state index contributed by atoms with van der Waals surface area (Å²) in [5.74, 6) is 0.843. The van der Waals surface area contributed by atoms with Gasteiger partial charge in [-0.2, -0.15) is 0 Å². The molecule has 2 N–H and O–H groups in total. The summed E-state index contributed by atoms with van der Waals surface area (Å²) in [6, 6.07) is 12.3. The molecule has 1 saturated carbocycles. The summed E-state index contributed by atoms with van der Waals surface area (Å²) in [6.07, 6.45) is 2.17. The standard InChI is InChI=1S/C18H18N2O/c1-11-9-12(2)16-15(10-11)20-17(21-16)18(7-8-18)13-3-5-14(19)6-4-13/h3-6,9-10H,7-8,19H2,1-2H3. The van der Waals surface area contributed by atoms with Crippen LogP contribution >= 0.6 is 0 Å². The summed E-state index contributed by atoms with van der Waals surface area (Å²) in [7, 11) is 0. The Morgan fingerprint density at radius 1 is 1.10 bits per heavy atom. The lowest BCUT2D eigenvalue weighted by Crippen LogP contribution is -2.08. The highest BCUT2D eigenvalue weighted by atomic mass is 16.4. The second-order valence-electron chi connectivity index (χ2n) is 6.15. The molecule has 4 rings (SSSR count). The number of nitrogen functional groups attached to an aromatic ring is 1. The van der Waals surface area contributed by atoms with Gasteiger partial charge < -0.3 is 10.2 Å². The van der Waals surface area contributed by atoms with Gasteiger partial charge in [-0.05, 0) is 61.6 Å². The molecule has 3 nitrogen and oxygen atoms in total. The van der Waals surface area contributed by atoms with Crippen molar-refractivity contribution in [1.82, 2.24) is 4.98 Å². The number of anilines is 1. The van der Waals surface area contributed by atoms with Gasteiger partial charge >= 0.3 is 0 Å². The lowest BCUT2D eigenvalue weighted by Gasteiger charge is -2.11. The normalized spacial score (nSPS) is 16.3. The Labute approximate surface area is 123 Å². The maximum absolute atomic E-state index is 6.12. The van der Waals surface area contributed by atoms with Gasteiger partial charge in [0.15, 0.2) is 5.58 Å². The molecule has 3 aromatic rings. The molecule has 0 spiro atoms. The van der Waals surface area contributed by atoms with Crippen LogP contribution in [0.5, 0.6) is 0 Å². The Morgan fingerprint density at radius 3 is 2.48 bits per heavy atom. The number of nitrogens with zero attached hydrogens (tertiary/aromatic N) is 1. The summed E-state index contributed by atoms with van der Waals surface area (Å²) < 4.78 is 6.12. The fourth-order valence-corrected chi connectivity index (χ4v) is 3.13. The third kappa shape index (κ3) is 1.84. The van der Waals surface area contributed by atoms with E-state index in [1.165, 1.54) is 11.1 Å². The molecular weight excluding hydrogens is 260 g/mol. The molecule has 106 valence electrons. The quantitative estimate of drug-likeness (QED) is 0.718. The summed E-state index contributed by atoms with van der Waals surface area (Å²) in [4.78, 5) is 4.77. The van der Waals surface area contributed by atoms with Crippen molar-refractivity contribution in [2.24, 2.45) is 0 Å². The molecule has 3 heteroatoms. The van der Waals surface area contributed by atoms with Crippen LogP contribution in [0.4, 0.5) is 5.69 Å². The van der Waals surface area contributed by atoms with Crippen molar-refractivity contribution >= 4 is 16.8 Å². The van der Waals surface area contributed by atoms with E-state index >= 15 is 0 Å². The zero-order valence-electron chi connectivity index (χ0n) is 12.3. The Kier molecular flexibility index (Phi) is 2.43. The maximum atomic E-state index is 6.12. The fraction of sp³-hybridized carbons (Fsp3) is 0.278. The highest BCUT2D eigenvalue weighted by Gasteiger charge is 2.50.